The number of hydrogen-bond donors (Lipinski definition) is 2. The molecule has 0 aliphatic carbocycles. The van der Waals surface area contributed by atoms with Crippen LogP contribution in [-0.2, 0) is 21.1 Å². The molecule has 1 aromatic rings. The third-order valence-corrected chi connectivity index (χ3v) is 5.41. The SMILES string of the molecule is CCC(C)C(N)C(=O)NCC1(c2cccc(C(F)(F)F)c2)CCOCC1. The molecule has 0 bridgehead atoms. The van der Waals surface area contributed by atoms with Crippen molar-refractivity contribution >= 4 is 5.91 Å². The molecule has 0 radical (unpaired) electrons. The molecule has 1 aliphatic rings. The van der Waals surface area contributed by atoms with Crippen LogP contribution in [0.2, 0.25) is 0 Å². The Morgan fingerprint density at radius 1 is 1.35 bits per heavy atom. The number of rotatable bonds is 6. The van der Waals surface area contributed by atoms with Gasteiger partial charge in [0.1, 0.15) is 0 Å². The highest BCUT2D eigenvalue weighted by Crippen LogP contribution is 2.37. The van der Waals surface area contributed by atoms with Gasteiger partial charge in [-0.1, -0.05) is 38.5 Å². The Balaban J connectivity index is 2.22. The quantitative estimate of drug-likeness (QED) is 0.806. The van der Waals surface area contributed by atoms with Gasteiger partial charge in [-0.3, -0.25) is 4.79 Å². The zero-order valence-electron chi connectivity index (χ0n) is 15.2. The van der Waals surface area contributed by atoms with Crippen LogP contribution < -0.4 is 11.1 Å². The standard InChI is InChI=1S/C19H27F3N2O2/c1-3-13(2)16(23)17(25)24-12-18(7-9-26-10-8-18)14-5-4-6-15(11-14)19(20,21)22/h4-6,11,13,16H,3,7-10,12,23H2,1-2H3,(H,24,25). The Kier molecular flexibility index (Phi) is 6.69. The number of nitrogens with one attached hydrogen (secondary N) is 1. The number of nitrogens with two attached hydrogens (primary N) is 1. The van der Waals surface area contributed by atoms with Gasteiger partial charge in [-0.15, -0.1) is 0 Å². The van der Waals surface area contributed by atoms with Crippen molar-refractivity contribution in [3.8, 4) is 0 Å². The van der Waals surface area contributed by atoms with E-state index in [-0.39, 0.29) is 18.4 Å². The first-order chi connectivity index (χ1) is 12.2. The summed E-state index contributed by atoms with van der Waals surface area (Å²) in [7, 11) is 0. The first-order valence-electron chi connectivity index (χ1n) is 8.98. The monoisotopic (exact) mass is 372 g/mol. The maximum Gasteiger partial charge on any atom is 0.416 e. The van der Waals surface area contributed by atoms with Crippen LogP contribution in [0.4, 0.5) is 13.2 Å². The maximum atomic E-state index is 13.1. The molecule has 1 heterocycles. The smallest absolute Gasteiger partial charge is 0.381 e. The minimum atomic E-state index is -4.40. The number of carbonyl (C=O) groups is 1. The van der Waals surface area contributed by atoms with Crippen molar-refractivity contribution in [1.29, 1.82) is 0 Å². The summed E-state index contributed by atoms with van der Waals surface area (Å²) in [5.74, 6) is -0.230. The fourth-order valence-corrected chi connectivity index (χ4v) is 3.24. The second kappa shape index (κ2) is 8.39. The van der Waals surface area contributed by atoms with Gasteiger partial charge in [0.15, 0.2) is 0 Å². The fraction of sp³-hybridized carbons (Fsp3) is 0.632. The Morgan fingerprint density at radius 2 is 2.00 bits per heavy atom. The molecule has 2 atom stereocenters. The minimum Gasteiger partial charge on any atom is -0.381 e. The van der Waals surface area contributed by atoms with E-state index in [9.17, 15) is 18.0 Å². The first-order valence-corrected chi connectivity index (χ1v) is 8.98. The minimum absolute atomic E-state index is 0.0363. The summed E-state index contributed by atoms with van der Waals surface area (Å²) in [4.78, 5) is 12.3. The molecular formula is C19H27F3N2O2. The molecule has 0 saturated carbocycles. The highest BCUT2D eigenvalue weighted by molar-refractivity contribution is 5.81. The fourth-order valence-electron chi connectivity index (χ4n) is 3.24. The first kappa shape index (κ1) is 20.7. The van der Waals surface area contributed by atoms with Crippen molar-refractivity contribution in [2.45, 2.75) is 50.7 Å². The van der Waals surface area contributed by atoms with E-state index in [1.54, 1.807) is 6.07 Å². The lowest BCUT2D eigenvalue weighted by Crippen LogP contribution is -2.50. The normalized spacial score (nSPS) is 19.6. The Bertz CT molecular complexity index is 613. The van der Waals surface area contributed by atoms with E-state index in [1.807, 2.05) is 13.8 Å². The second-order valence-electron chi connectivity index (χ2n) is 7.10. The summed E-state index contributed by atoms with van der Waals surface area (Å²) in [6.07, 6.45) is -2.52. The van der Waals surface area contributed by atoms with Gasteiger partial charge in [0.05, 0.1) is 11.6 Å². The molecule has 3 N–H and O–H groups in total. The lowest BCUT2D eigenvalue weighted by molar-refractivity contribution is -0.137. The summed E-state index contributed by atoms with van der Waals surface area (Å²) in [6, 6.07) is 4.74. The zero-order valence-corrected chi connectivity index (χ0v) is 15.2. The molecule has 1 saturated heterocycles. The van der Waals surface area contributed by atoms with Gasteiger partial charge < -0.3 is 15.8 Å². The Morgan fingerprint density at radius 3 is 2.58 bits per heavy atom. The van der Waals surface area contributed by atoms with E-state index in [4.69, 9.17) is 10.5 Å². The van der Waals surface area contributed by atoms with Crippen LogP contribution in [0.1, 0.15) is 44.2 Å². The average Bonchev–Trinajstić information content (AvgIpc) is 2.65. The molecule has 1 aromatic carbocycles. The van der Waals surface area contributed by atoms with Gasteiger partial charge in [-0.25, -0.2) is 0 Å². The zero-order chi connectivity index (χ0) is 19.4. The van der Waals surface area contributed by atoms with Gasteiger partial charge in [0.25, 0.3) is 0 Å². The highest BCUT2D eigenvalue weighted by atomic mass is 19.4. The van der Waals surface area contributed by atoms with Crippen molar-refractivity contribution in [3.05, 3.63) is 35.4 Å². The summed E-state index contributed by atoms with van der Waals surface area (Å²) in [5.41, 5.74) is 5.28. The molecular weight excluding hydrogens is 345 g/mol. The summed E-state index contributed by atoms with van der Waals surface area (Å²) >= 11 is 0. The van der Waals surface area contributed by atoms with Crippen LogP contribution in [0.15, 0.2) is 24.3 Å². The highest BCUT2D eigenvalue weighted by Gasteiger charge is 2.38. The molecule has 0 aromatic heterocycles. The number of alkyl halides is 3. The second-order valence-corrected chi connectivity index (χ2v) is 7.10. The van der Waals surface area contributed by atoms with E-state index < -0.39 is 23.2 Å². The van der Waals surface area contributed by atoms with Crippen LogP contribution in [0.5, 0.6) is 0 Å². The van der Waals surface area contributed by atoms with E-state index in [0.717, 1.165) is 12.5 Å². The number of benzene rings is 1. The van der Waals surface area contributed by atoms with Crippen molar-refractivity contribution in [2.75, 3.05) is 19.8 Å². The average molecular weight is 372 g/mol. The van der Waals surface area contributed by atoms with Crippen molar-refractivity contribution < 1.29 is 22.7 Å². The lowest BCUT2D eigenvalue weighted by atomic mass is 9.73. The van der Waals surface area contributed by atoms with Crippen LogP contribution in [0.3, 0.4) is 0 Å². The molecule has 2 unspecified atom stereocenters. The van der Waals surface area contributed by atoms with Crippen molar-refractivity contribution in [2.24, 2.45) is 11.7 Å². The summed E-state index contributed by atoms with van der Waals surface area (Å²) < 4.78 is 44.7. The van der Waals surface area contributed by atoms with E-state index in [2.05, 4.69) is 5.32 Å². The number of amides is 1. The topological polar surface area (TPSA) is 64.4 Å². The van der Waals surface area contributed by atoms with E-state index in [0.29, 0.717) is 31.6 Å². The largest absolute Gasteiger partial charge is 0.416 e. The summed E-state index contributed by atoms with van der Waals surface area (Å²) in [5, 5.41) is 2.86. The molecule has 1 aliphatic heterocycles. The maximum absolute atomic E-state index is 13.1. The predicted octanol–water partition coefficient (Wildman–Crippen LogP) is 3.24. The molecule has 1 amide bonds. The number of hydrogen-bond acceptors (Lipinski definition) is 3. The third-order valence-electron chi connectivity index (χ3n) is 5.41. The van der Waals surface area contributed by atoms with Gasteiger partial charge in [0.2, 0.25) is 5.91 Å². The van der Waals surface area contributed by atoms with Crippen LogP contribution >= 0.6 is 0 Å². The lowest BCUT2D eigenvalue weighted by Gasteiger charge is -2.38. The predicted molar refractivity (Wildman–Crippen MR) is 93.6 cm³/mol. The molecule has 4 nitrogen and oxygen atoms in total. The Labute approximate surface area is 152 Å². The molecule has 1 fully saturated rings. The van der Waals surface area contributed by atoms with Crippen molar-refractivity contribution in [3.63, 3.8) is 0 Å². The molecule has 146 valence electrons. The van der Waals surface area contributed by atoms with Gasteiger partial charge >= 0.3 is 6.18 Å². The number of halogens is 3. The van der Waals surface area contributed by atoms with E-state index >= 15 is 0 Å². The van der Waals surface area contributed by atoms with Gasteiger partial charge in [-0.2, -0.15) is 13.2 Å². The van der Waals surface area contributed by atoms with Crippen molar-refractivity contribution in [1.82, 2.24) is 5.32 Å². The molecule has 7 heteroatoms. The van der Waals surface area contributed by atoms with Crippen LogP contribution in [0.25, 0.3) is 0 Å². The van der Waals surface area contributed by atoms with Crippen LogP contribution in [-0.4, -0.2) is 31.7 Å². The van der Waals surface area contributed by atoms with E-state index in [1.165, 1.54) is 12.1 Å². The Hall–Kier alpha value is -1.60. The third kappa shape index (κ3) is 4.76. The number of ether oxygens (including phenoxy) is 1. The summed E-state index contributed by atoms with van der Waals surface area (Å²) in [6.45, 7) is 5.01. The number of carbonyl (C=O) groups excluding carboxylic acids is 1. The van der Waals surface area contributed by atoms with Gasteiger partial charge in [-0.05, 0) is 30.4 Å². The van der Waals surface area contributed by atoms with Gasteiger partial charge in [0, 0.05) is 25.2 Å². The molecule has 0 spiro atoms. The molecule has 26 heavy (non-hydrogen) atoms. The molecule has 2 rings (SSSR count). The van der Waals surface area contributed by atoms with Crippen LogP contribution in [0, 0.1) is 5.92 Å².